The summed E-state index contributed by atoms with van der Waals surface area (Å²) in [5.41, 5.74) is 1.66. The molecule has 1 spiro atoms. The molecule has 1 N–H and O–H groups in total. The van der Waals surface area contributed by atoms with Crippen LogP contribution in [-0.4, -0.2) is 30.8 Å². The zero-order chi connectivity index (χ0) is 18.6. The van der Waals surface area contributed by atoms with Gasteiger partial charge in [-0.05, 0) is 55.9 Å². The predicted octanol–water partition coefficient (Wildman–Crippen LogP) is 3.86. The molecule has 5 rings (SSSR count). The molecule has 0 amide bonds. The van der Waals surface area contributed by atoms with Crippen molar-refractivity contribution in [3.63, 3.8) is 0 Å². The van der Waals surface area contributed by atoms with E-state index in [1.165, 1.54) is 24.8 Å². The first kappa shape index (κ1) is 17.7. The highest BCUT2D eigenvalue weighted by molar-refractivity contribution is 5.75. The third kappa shape index (κ3) is 2.92. The van der Waals surface area contributed by atoms with Gasteiger partial charge in [0.05, 0.1) is 18.1 Å². The molecule has 0 aromatic heterocycles. The van der Waals surface area contributed by atoms with Crippen LogP contribution in [0.4, 0.5) is 0 Å². The van der Waals surface area contributed by atoms with Crippen LogP contribution in [0.2, 0.25) is 0 Å². The Balaban J connectivity index is 1.30. The average molecular weight is 370 g/mol. The Morgan fingerprint density at radius 3 is 2.78 bits per heavy atom. The van der Waals surface area contributed by atoms with Gasteiger partial charge in [0.1, 0.15) is 6.10 Å². The summed E-state index contributed by atoms with van der Waals surface area (Å²) in [4.78, 5) is 12.7. The van der Waals surface area contributed by atoms with Crippen molar-refractivity contribution in [2.75, 3.05) is 13.2 Å². The van der Waals surface area contributed by atoms with E-state index in [1.807, 2.05) is 6.07 Å². The number of rotatable bonds is 4. The summed E-state index contributed by atoms with van der Waals surface area (Å²) < 4.78 is 11.9. The molecule has 1 aromatic rings. The Morgan fingerprint density at radius 2 is 2.04 bits per heavy atom. The van der Waals surface area contributed by atoms with E-state index in [0.29, 0.717) is 18.4 Å². The molecule has 4 aliphatic rings. The fourth-order valence-corrected chi connectivity index (χ4v) is 6.35. The molecular weight excluding hydrogens is 338 g/mol. The van der Waals surface area contributed by atoms with Gasteiger partial charge in [0.15, 0.2) is 0 Å². The quantitative estimate of drug-likeness (QED) is 0.647. The number of hydrogen-bond donors (Lipinski definition) is 1. The number of hydrogen-bond acceptors (Lipinski definition) is 4. The van der Waals surface area contributed by atoms with Crippen LogP contribution in [0.15, 0.2) is 30.3 Å². The maximum atomic E-state index is 12.7. The van der Waals surface area contributed by atoms with Crippen molar-refractivity contribution in [2.24, 2.45) is 23.2 Å². The van der Waals surface area contributed by atoms with Crippen LogP contribution in [0.1, 0.15) is 57.6 Å². The van der Waals surface area contributed by atoms with E-state index in [-0.39, 0.29) is 35.0 Å². The molecule has 0 unspecified atom stereocenters. The molecule has 0 bridgehead atoms. The van der Waals surface area contributed by atoms with Crippen molar-refractivity contribution >= 4 is 5.97 Å². The third-order valence-electron chi connectivity index (χ3n) is 8.02. The lowest BCUT2D eigenvalue weighted by atomic mass is 9.53. The molecule has 27 heavy (non-hydrogen) atoms. The lowest BCUT2D eigenvalue weighted by Crippen LogP contribution is -2.51. The summed E-state index contributed by atoms with van der Waals surface area (Å²) in [7, 11) is 0. The first-order valence-corrected chi connectivity index (χ1v) is 10.6. The second kappa shape index (κ2) is 6.31. The van der Waals surface area contributed by atoms with Crippen LogP contribution in [0.5, 0.6) is 0 Å². The van der Waals surface area contributed by atoms with E-state index in [4.69, 9.17) is 9.47 Å². The summed E-state index contributed by atoms with van der Waals surface area (Å²) in [6, 6.07) is 10.7. The van der Waals surface area contributed by atoms with Gasteiger partial charge in [0.2, 0.25) is 0 Å². The van der Waals surface area contributed by atoms with Crippen molar-refractivity contribution in [3.8, 4) is 0 Å². The van der Waals surface area contributed by atoms with Crippen molar-refractivity contribution in [1.29, 1.82) is 0 Å². The second-order valence-electron chi connectivity index (χ2n) is 9.64. The molecule has 2 saturated heterocycles. The van der Waals surface area contributed by atoms with E-state index in [9.17, 15) is 4.79 Å². The third-order valence-corrected chi connectivity index (χ3v) is 8.02. The first-order chi connectivity index (χ1) is 13.0. The lowest BCUT2D eigenvalue weighted by Gasteiger charge is -2.51. The Kier molecular flexibility index (Phi) is 4.14. The highest BCUT2D eigenvalue weighted by Crippen LogP contribution is 2.62. The monoisotopic (exact) mass is 369 g/mol. The average Bonchev–Trinajstić information content (AvgIpc) is 3.36. The largest absolute Gasteiger partial charge is 0.462 e. The fraction of sp³-hybridized carbons (Fsp3) is 0.696. The topological polar surface area (TPSA) is 50.9 Å². The molecule has 2 aliphatic heterocycles. The number of nitrogens with one attached hydrogen (secondary N) is 1. The molecule has 0 radical (unpaired) electrons. The normalized spacial score (nSPS) is 43.7. The predicted molar refractivity (Wildman–Crippen MR) is 103 cm³/mol. The molecule has 7 atom stereocenters. The molecule has 4 heteroatoms. The van der Waals surface area contributed by atoms with Gasteiger partial charge >= 0.3 is 5.97 Å². The summed E-state index contributed by atoms with van der Waals surface area (Å²) >= 11 is 0. The van der Waals surface area contributed by atoms with Crippen molar-refractivity contribution in [1.82, 2.24) is 5.32 Å². The van der Waals surface area contributed by atoms with Gasteiger partial charge in [0.25, 0.3) is 0 Å². The van der Waals surface area contributed by atoms with E-state index in [1.54, 1.807) is 0 Å². The zero-order valence-corrected chi connectivity index (χ0v) is 16.4. The van der Waals surface area contributed by atoms with Gasteiger partial charge in [-0.2, -0.15) is 0 Å². The minimum atomic E-state index is -0.0246. The molecule has 4 nitrogen and oxygen atoms in total. The molecule has 4 fully saturated rings. The maximum absolute atomic E-state index is 12.7. The summed E-state index contributed by atoms with van der Waals surface area (Å²) in [6.07, 6.45) is 5.90. The Hall–Kier alpha value is -1.39. The van der Waals surface area contributed by atoms with Crippen LogP contribution in [-0.2, 0) is 14.3 Å². The fourth-order valence-electron chi connectivity index (χ4n) is 6.35. The molecule has 146 valence electrons. The molecule has 2 aliphatic carbocycles. The minimum absolute atomic E-state index is 0.00535. The van der Waals surface area contributed by atoms with Gasteiger partial charge in [-0.25, -0.2) is 0 Å². The molecule has 2 saturated carbocycles. The highest BCUT2D eigenvalue weighted by atomic mass is 16.6. The number of carbonyl (C=O) groups excluding carboxylic acids is 1. The van der Waals surface area contributed by atoms with Gasteiger partial charge in [-0.3, -0.25) is 4.79 Å². The number of benzene rings is 1. The second-order valence-corrected chi connectivity index (χ2v) is 9.64. The molecule has 2 heterocycles. The maximum Gasteiger partial charge on any atom is 0.310 e. The molecule has 1 aromatic carbocycles. The lowest BCUT2D eigenvalue weighted by molar-refractivity contribution is -0.147. The first-order valence-electron chi connectivity index (χ1n) is 10.6. The number of fused-ring (bicyclic) bond motifs is 3. The number of carbonyl (C=O) groups is 1. The van der Waals surface area contributed by atoms with Crippen LogP contribution >= 0.6 is 0 Å². The van der Waals surface area contributed by atoms with E-state index < -0.39 is 0 Å². The van der Waals surface area contributed by atoms with Gasteiger partial charge in [-0.1, -0.05) is 37.3 Å². The summed E-state index contributed by atoms with van der Waals surface area (Å²) in [6.45, 7) is 6.20. The zero-order valence-electron chi connectivity index (χ0n) is 16.4. The van der Waals surface area contributed by atoms with Gasteiger partial charge in [-0.15, -0.1) is 0 Å². The highest BCUT2D eigenvalue weighted by Gasteiger charge is 2.64. The number of esters is 1. The molecular formula is C23H31NO3. The number of ether oxygens (including phenoxy) is 2. The van der Waals surface area contributed by atoms with Crippen LogP contribution < -0.4 is 5.32 Å². The Labute approximate surface area is 162 Å². The van der Waals surface area contributed by atoms with Crippen LogP contribution in [0.3, 0.4) is 0 Å². The minimum Gasteiger partial charge on any atom is -0.462 e. The summed E-state index contributed by atoms with van der Waals surface area (Å²) in [5.74, 6) is 0.906. The van der Waals surface area contributed by atoms with Crippen LogP contribution in [0, 0.1) is 23.2 Å². The summed E-state index contributed by atoms with van der Waals surface area (Å²) in [5, 5.41) is 3.59. The van der Waals surface area contributed by atoms with Crippen molar-refractivity contribution in [3.05, 3.63) is 35.9 Å². The van der Waals surface area contributed by atoms with Crippen molar-refractivity contribution in [2.45, 2.75) is 63.7 Å². The standard InChI is InChI=1S/C23H31NO3/c1-15(16-7-4-3-5-8-16)24-13-18-17-11-20-22(2,12-19(17)27-21(18)25)9-6-10-23(20)14-26-23/h3-5,7-8,15,17-20,24H,6,9-14H2,1-2H3/t15-,17+,18+,19+,20+,22+,23-/m0/s1. The van der Waals surface area contributed by atoms with Crippen LogP contribution in [0.25, 0.3) is 0 Å². The Bertz CT molecular complexity index is 716. The van der Waals surface area contributed by atoms with Crippen molar-refractivity contribution < 1.29 is 14.3 Å². The van der Waals surface area contributed by atoms with Gasteiger partial charge in [0, 0.05) is 18.5 Å². The smallest absolute Gasteiger partial charge is 0.310 e. The van der Waals surface area contributed by atoms with E-state index in [2.05, 4.69) is 43.4 Å². The van der Waals surface area contributed by atoms with E-state index >= 15 is 0 Å². The Morgan fingerprint density at radius 1 is 1.26 bits per heavy atom. The van der Waals surface area contributed by atoms with Gasteiger partial charge < -0.3 is 14.8 Å². The number of epoxide rings is 1. The van der Waals surface area contributed by atoms with E-state index in [0.717, 1.165) is 19.4 Å². The SMILES string of the molecule is C[C@H](NC[C@H]1C(=O)O[C@@H]2C[C@@]3(C)CCC[C@]4(CO4)[C@@H]3C[C@@H]21)c1ccccc1.